The van der Waals surface area contributed by atoms with E-state index in [1.54, 1.807) is 11.1 Å². The quantitative estimate of drug-likeness (QED) is 0.222. The molecule has 2 saturated carbocycles. The molecule has 0 spiro atoms. The predicted molar refractivity (Wildman–Crippen MR) is 218 cm³/mol. The first-order valence-corrected chi connectivity index (χ1v) is 21.2. The fourth-order valence-electron chi connectivity index (χ4n) is 13.0. The van der Waals surface area contributed by atoms with Gasteiger partial charge in [-0.05, 0) is 57.3 Å². The minimum absolute atomic E-state index is 0. The number of fused-ring (bicyclic) bond motifs is 9. The normalized spacial score (nSPS) is 39.1. The fourth-order valence-corrected chi connectivity index (χ4v) is 13.0. The standard InChI is InChI=1S/C47H53.C2H6Si.2ClH.Zr/c1-10-19-34-30-38-36(33-21-12-11-13-22-33)24-17-25-37(38)40(34)39-26-18-29-42(4)41(3)27-14-15-28-43(41,5)47(9)44(6,46(39,42)8)31-35-23-16-20-32(2)45(35,47)7;1-3-2;;;/h11-18,20-31,35,40H,10,19H2,1-9H3;1-2H3;2*1H;/q-1;;;;+3/p-2. The molecule has 2 aromatic carbocycles. The first-order valence-electron chi connectivity index (χ1n) is 19.2. The van der Waals surface area contributed by atoms with Gasteiger partial charge in [0.15, 0.2) is 0 Å². The van der Waals surface area contributed by atoms with E-state index in [0.717, 1.165) is 22.4 Å². The van der Waals surface area contributed by atoms with E-state index < -0.39 is 0 Å². The Morgan fingerprint density at radius 2 is 1.36 bits per heavy atom. The average Bonchev–Trinajstić information content (AvgIpc) is 3.56. The minimum Gasteiger partial charge on any atom is -1.00 e. The van der Waals surface area contributed by atoms with Gasteiger partial charge in [0.25, 0.3) is 0 Å². The van der Waals surface area contributed by atoms with Crippen LogP contribution in [0, 0.1) is 50.2 Å². The van der Waals surface area contributed by atoms with Crippen molar-refractivity contribution in [2.45, 2.75) is 94.2 Å². The second-order valence-corrected chi connectivity index (χ2v) is 18.5. The molecular weight excluding hydrogens is 779 g/mol. The van der Waals surface area contributed by atoms with Crippen molar-refractivity contribution in [3.05, 3.63) is 144 Å². The Balaban J connectivity index is 0.00000101. The van der Waals surface area contributed by atoms with Crippen LogP contribution in [0.1, 0.15) is 92.2 Å². The summed E-state index contributed by atoms with van der Waals surface area (Å²) < 4.78 is 0. The summed E-state index contributed by atoms with van der Waals surface area (Å²) in [5.41, 5.74) is 9.51. The molecule has 53 heavy (non-hydrogen) atoms. The van der Waals surface area contributed by atoms with Crippen LogP contribution in [0.4, 0.5) is 0 Å². The SMILES string of the molecule is CCCC1=Cc2c(-c3ccccc3)cccc2C1C1=CC=CC2(C)C3(C)C=CC=CC3(C)C3(C)C4(C)C(C)=CC=CC4[CH-]C3(C)C12C.C[Si]C.[Cl-].[Cl-].[Zr+3]. The zero-order valence-corrected chi connectivity index (χ0v) is 38.8. The van der Waals surface area contributed by atoms with Crippen molar-refractivity contribution in [1.82, 2.24) is 0 Å². The van der Waals surface area contributed by atoms with Crippen LogP contribution >= 0.6 is 0 Å². The van der Waals surface area contributed by atoms with Gasteiger partial charge in [-0.15, -0.1) is 17.4 Å². The summed E-state index contributed by atoms with van der Waals surface area (Å²) in [4.78, 5) is 0. The van der Waals surface area contributed by atoms with E-state index in [9.17, 15) is 0 Å². The third kappa shape index (κ3) is 5.13. The summed E-state index contributed by atoms with van der Waals surface area (Å²) in [6.07, 6.45) is 32.5. The smallest absolute Gasteiger partial charge is 1.00 e. The van der Waals surface area contributed by atoms with Crippen molar-refractivity contribution in [2.75, 3.05) is 0 Å². The van der Waals surface area contributed by atoms with E-state index in [-0.39, 0.29) is 94.8 Å². The first kappa shape index (κ1) is 44.0. The Kier molecular flexibility index (Phi) is 12.5. The van der Waals surface area contributed by atoms with Gasteiger partial charge in [0.2, 0.25) is 0 Å². The van der Waals surface area contributed by atoms with E-state index in [4.69, 9.17) is 0 Å². The Morgan fingerprint density at radius 1 is 0.736 bits per heavy atom. The fraction of sp³-hybridized carbons (Fsp3) is 0.449. The molecule has 0 saturated heterocycles. The molecule has 9 atom stereocenters. The maximum absolute atomic E-state index is 2.85. The van der Waals surface area contributed by atoms with Crippen LogP contribution in [0.5, 0.6) is 0 Å². The maximum atomic E-state index is 2.85. The summed E-state index contributed by atoms with van der Waals surface area (Å²) in [5, 5.41) is 0. The number of hydrogen-bond donors (Lipinski definition) is 0. The van der Waals surface area contributed by atoms with E-state index in [0.29, 0.717) is 5.92 Å². The van der Waals surface area contributed by atoms with Crippen molar-refractivity contribution in [2.24, 2.45) is 43.8 Å². The summed E-state index contributed by atoms with van der Waals surface area (Å²) in [6, 6.07) is 18.1. The third-order valence-corrected chi connectivity index (χ3v) is 16.4. The second kappa shape index (κ2) is 15.0. The van der Waals surface area contributed by atoms with Gasteiger partial charge in [-0.3, -0.25) is 0 Å². The number of benzene rings is 2. The largest absolute Gasteiger partial charge is 3.00 e. The molecule has 2 fully saturated rings. The van der Waals surface area contributed by atoms with Gasteiger partial charge in [0.05, 0.1) is 0 Å². The van der Waals surface area contributed by atoms with Crippen LogP contribution in [-0.4, -0.2) is 9.52 Å². The molecule has 2 aromatic rings. The van der Waals surface area contributed by atoms with Crippen LogP contribution in [0.25, 0.3) is 17.2 Å². The van der Waals surface area contributed by atoms with Crippen molar-refractivity contribution >= 4 is 15.6 Å². The molecule has 0 amide bonds. The van der Waals surface area contributed by atoms with Gasteiger partial charge in [-0.1, -0.05) is 201 Å². The van der Waals surface area contributed by atoms with Crippen molar-refractivity contribution in [3.63, 3.8) is 0 Å². The number of rotatable bonds is 4. The molecule has 8 rings (SSSR count). The third-order valence-electron chi connectivity index (χ3n) is 16.4. The molecule has 3 radical (unpaired) electrons. The van der Waals surface area contributed by atoms with E-state index in [1.807, 2.05) is 0 Å². The van der Waals surface area contributed by atoms with Gasteiger partial charge in [-0.25, -0.2) is 0 Å². The molecular formula is C49H59Cl2SiZr. The molecule has 0 heterocycles. The van der Waals surface area contributed by atoms with Crippen LogP contribution in [-0.2, 0) is 26.2 Å². The van der Waals surface area contributed by atoms with E-state index in [2.05, 4.69) is 197 Å². The van der Waals surface area contributed by atoms with Crippen LogP contribution in [0.2, 0.25) is 13.1 Å². The molecule has 0 bridgehead atoms. The van der Waals surface area contributed by atoms with Gasteiger partial charge < -0.3 is 31.2 Å². The summed E-state index contributed by atoms with van der Waals surface area (Å²) >= 11 is 0. The monoisotopic (exact) mass is 835 g/mol. The van der Waals surface area contributed by atoms with E-state index in [1.165, 1.54) is 27.8 Å². The number of halogens is 2. The Labute approximate surface area is 356 Å². The van der Waals surface area contributed by atoms with Crippen molar-refractivity contribution in [3.8, 4) is 11.1 Å². The molecule has 4 heteroatoms. The molecule has 0 aliphatic heterocycles. The number of hydrogen-bond acceptors (Lipinski definition) is 0. The molecule has 6 aliphatic carbocycles. The Bertz CT molecular complexity index is 1930. The minimum atomic E-state index is -0.177. The van der Waals surface area contributed by atoms with Crippen LogP contribution < -0.4 is 24.8 Å². The molecule has 6 aliphatic rings. The summed E-state index contributed by atoms with van der Waals surface area (Å²) in [6.45, 7) is 27.6. The molecule has 0 nitrogen and oxygen atoms in total. The topological polar surface area (TPSA) is 0 Å². The first-order chi connectivity index (χ1) is 23.7. The zero-order chi connectivity index (χ0) is 36.0. The molecule has 9 unspecified atom stereocenters. The van der Waals surface area contributed by atoms with E-state index >= 15 is 0 Å². The number of allylic oxidation sites excluding steroid dienone is 13. The second-order valence-electron chi connectivity index (χ2n) is 17.5. The Hall–Kier alpha value is -1.70. The van der Waals surface area contributed by atoms with Crippen molar-refractivity contribution < 1.29 is 51.0 Å². The van der Waals surface area contributed by atoms with Gasteiger partial charge in [0, 0.05) is 26.3 Å². The summed E-state index contributed by atoms with van der Waals surface area (Å²) in [5.74, 6) is 0.636. The van der Waals surface area contributed by atoms with Gasteiger partial charge in [0.1, 0.15) is 0 Å². The predicted octanol–water partition coefficient (Wildman–Crippen LogP) is 7.46. The van der Waals surface area contributed by atoms with Crippen LogP contribution in [0.15, 0.2) is 126 Å². The molecule has 0 aromatic heterocycles. The molecule has 0 N–H and O–H groups in total. The van der Waals surface area contributed by atoms with Crippen molar-refractivity contribution in [1.29, 1.82) is 0 Å². The molecule has 277 valence electrons. The van der Waals surface area contributed by atoms with Crippen LogP contribution in [0.3, 0.4) is 0 Å². The zero-order valence-electron chi connectivity index (χ0n) is 33.9. The summed E-state index contributed by atoms with van der Waals surface area (Å²) in [7, 11) is 1.08. The van der Waals surface area contributed by atoms with Gasteiger partial charge in [-0.2, -0.15) is 0 Å². The average molecular weight is 838 g/mol. The Morgan fingerprint density at radius 3 is 2.00 bits per heavy atom. The van der Waals surface area contributed by atoms with Gasteiger partial charge >= 0.3 is 26.2 Å². The maximum Gasteiger partial charge on any atom is 3.00 e.